The van der Waals surface area contributed by atoms with E-state index in [0.29, 0.717) is 30.4 Å². The van der Waals surface area contributed by atoms with Gasteiger partial charge in [-0.15, -0.1) is 11.3 Å². The van der Waals surface area contributed by atoms with E-state index < -0.39 is 35.1 Å². The molecular weight excluding hydrogens is 412 g/mol. The van der Waals surface area contributed by atoms with Gasteiger partial charge in [-0.25, -0.2) is 9.18 Å². The predicted molar refractivity (Wildman–Crippen MR) is 89.5 cm³/mol. The normalized spacial score (nSPS) is 22.6. The van der Waals surface area contributed by atoms with Gasteiger partial charge in [0.05, 0.1) is 16.1 Å². The lowest BCUT2D eigenvalue weighted by Crippen LogP contribution is -2.46. The van der Waals surface area contributed by atoms with Crippen molar-refractivity contribution in [2.45, 2.75) is 18.1 Å². The van der Waals surface area contributed by atoms with Crippen LogP contribution in [0.4, 0.5) is 22.4 Å². The minimum Gasteiger partial charge on any atom is -0.447 e. The zero-order chi connectivity index (χ0) is 19.6. The summed E-state index contributed by atoms with van der Waals surface area (Å²) in [5.74, 6) is -1.65. The number of alkyl carbamates (subject to hydrolysis) is 1. The molecule has 2 aliphatic rings. The molecular formula is C16H11ClF4N2O3S. The average molecular weight is 423 g/mol. The summed E-state index contributed by atoms with van der Waals surface area (Å²) < 4.78 is 57.7. The van der Waals surface area contributed by atoms with Gasteiger partial charge in [-0.05, 0) is 18.6 Å². The largest absolute Gasteiger partial charge is 0.447 e. The van der Waals surface area contributed by atoms with E-state index in [9.17, 15) is 27.2 Å². The molecule has 11 heteroatoms. The zero-order valence-corrected chi connectivity index (χ0v) is 15.0. The van der Waals surface area contributed by atoms with Gasteiger partial charge in [0.15, 0.2) is 0 Å². The van der Waals surface area contributed by atoms with Gasteiger partial charge in [0, 0.05) is 23.2 Å². The number of cyclic esters (lactones) is 1. The van der Waals surface area contributed by atoms with Gasteiger partial charge in [-0.3, -0.25) is 4.79 Å². The summed E-state index contributed by atoms with van der Waals surface area (Å²) in [6, 6.07) is 1.15. The van der Waals surface area contributed by atoms with Crippen LogP contribution in [0.5, 0.6) is 0 Å². The maximum atomic E-state index is 14.2. The molecule has 3 heterocycles. The fraction of sp³-hybridized carbons (Fsp3) is 0.375. The standard InChI is InChI=1S/C16H11ClF4N2O3S/c17-11-10-8(18)3-7(16(19,20)21)4-9(10)27-12(11)13(24)23-2-1-15(5-23)6-26-14(25)22-15/h3-4H,1-2,5-6H2,(H,22,25). The van der Waals surface area contributed by atoms with Crippen molar-refractivity contribution in [1.29, 1.82) is 0 Å². The topological polar surface area (TPSA) is 58.6 Å². The lowest BCUT2D eigenvalue weighted by molar-refractivity contribution is -0.137. The monoisotopic (exact) mass is 422 g/mol. The number of ether oxygens (including phenoxy) is 1. The summed E-state index contributed by atoms with van der Waals surface area (Å²) in [6.45, 7) is 0.612. The van der Waals surface area contributed by atoms with E-state index in [-0.39, 0.29) is 33.1 Å². The number of rotatable bonds is 1. The minimum absolute atomic E-state index is 0.0350. The highest BCUT2D eigenvalue weighted by Gasteiger charge is 2.47. The van der Waals surface area contributed by atoms with Crippen LogP contribution in [-0.2, 0) is 10.9 Å². The molecule has 1 aromatic heterocycles. The van der Waals surface area contributed by atoms with E-state index in [1.807, 2.05) is 0 Å². The molecule has 0 aliphatic carbocycles. The second-order valence-electron chi connectivity index (χ2n) is 6.53. The van der Waals surface area contributed by atoms with Crippen LogP contribution in [0.25, 0.3) is 10.1 Å². The molecule has 0 bridgehead atoms. The Labute approximate surface area is 158 Å². The molecule has 1 N–H and O–H groups in total. The molecule has 2 aromatic rings. The number of thiophene rings is 1. The van der Waals surface area contributed by atoms with E-state index in [2.05, 4.69) is 5.32 Å². The Morgan fingerprint density at radius 2 is 2.11 bits per heavy atom. The molecule has 2 fully saturated rings. The highest BCUT2D eigenvalue weighted by molar-refractivity contribution is 7.21. The second-order valence-corrected chi connectivity index (χ2v) is 7.96. The predicted octanol–water partition coefficient (Wildman–Crippen LogP) is 4.04. The molecule has 0 radical (unpaired) electrons. The Morgan fingerprint density at radius 3 is 2.74 bits per heavy atom. The highest BCUT2D eigenvalue weighted by atomic mass is 35.5. The smallest absolute Gasteiger partial charge is 0.416 e. The fourth-order valence-corrected chi connectivity index (χ4v) is 4.91. The maximum absolute atomic E-state index is 14.2. The van der Waals surface area contributed by atoms with Crippen LogP contribution in [-0.4, -0.2) is 42.1 Å². The minimum atomic E-state index is -4.71. The van der Waals surface area contributed by atoms with Crippen LogP contribution in [0.15, 0.2) is 12.1 Å². The van der Waals surface area contributed by atoms with Crippen molar-refractivity contribution in [2.24, 2.45) is 0 Å². The Bertz CT molecular complexity index is 977. The van der Waals surface area contributed by atoms with Crippen LogP contribution < -0.4 is 5.32 Å². The Kier molecular flexibility index (Phi) is 4.04. The van der Waals surface area contributed by atoms with Gasteiger partial charge >= 0.3 is 12.3 Å². The van der Waals surface area contributed by atoms with Crippen molar-refractivity contribution in [1.82, 2.24) is 10.2 Å². The van der Waals surface area contributed by atoms with Gasteiger partial charge < -0.3 is 15.0 Å². The Morgan fingerprint density at radius 1 is 1.37 bits per heavy atom. The average Bonchev–Trinajstić information content (AvgIpc) is 3.25. The van der Waals surface area contributed by atoms with Crippen molar-refractivity contribution >= 4 is 45.0 Å². The number of carbonyl (C=O) groups excluding carboxylic acids is 2. The molecule has 2 amide bonds. The third-order valence-corrected chi connectivity index (χ3v) is 6.31. The molecule has 1 aromatic carbocycles. The number of nitrogens with zero attached hydrogens (tertiary/aromatic N) is 1. The first-order valence-electron chi connectivity index (χ1n) is 7.83. The van der Waals surface area contributed by atoms with E-state index in [0.717, 1.165) is 6.07 Å². The first-order valence-corrected chi connectivity index (χ1v) is 9.02. The van der Waals surface area contributed by atoms with Gasteiger partial charge in [-0.1, -0.05) is 11.6 Å². The fourth-order valence-electron chi connectivity index (χ4n) is 3.35. The molecule has 1 unspecified atom stereocenters. The van der Waals surface area contributed by atoms with E-state index in [1.54, 1.807) is 0 Å². The van der Waals surface area contributed by atoms with Gasteiger partial charge in [0.2, 0.25) is 0 Å². The van der Waals surface area contributed by atoms with Crippen molar-refractivity contribution in [2.75, 3.05) is 19.7 Å². The number of likely N-dealkylation sites (tertiary alicyclic amines) is 1. The van der Waals surface area contributed by atoms with Crippen LogP contribution in [0, 0.1) is 5.82 Å². The number of alkyl halides is 3. The van der Waals surface area contributed by atoms with Crippen molar-refractivity contribution in [3.63, 3.8) is 0 Å². The number of hydrogen-bond acceptors (Lipinski definition) is 4. The summed E-state index contributed by atoms with van der Waals surface area (Å²) in [5.41, 5.74) is -1.82. The first kappa shape index (κ1) is 18.3. The Hall–Kier alpha value is -2.07. The molecule has 1 atom stereocenters. The van der Waals surface area contributed by atoms with E-state index >= 15 is 0 Å². The summed E-state index contributed by atoms with van der Waals surface area (Å²) in [6.07, 6.45) is -4.80. The van der Waals surface area contributed by atoms with Crippen molar-refractivity contribution < 1.29 is 31.9 Å². The van der Waals surface area contributed by atoms with Gasteiger partial charge in [0.25, 0.3) is 5.91 Å². The van der Waals surface area contributed by atoms with Gasteiger partial charge in [0.1, 0.15) is 17.3 Å². The van der Waals surface area contributed by atoms with Crippen LogP contribution in [0.3, 0.4) is 0 Å². The summed E-state index contributed by atoms with van der Waals surface area (Å²) in [4.78, 5) is 25.5. The summed E-state index contributed by atoms with van der Waals surface area (Å²) >= 11 is 6.84. The lowest BCUT2D eigenvalue weighted by Gasteiger charge is -2.21. The molecule has 0 saturated carbocycles. The van der Waals surface area contributed by atoms with Crippen LogP contribution in [0.2, 0.25) is 5.02 Å². The molecule has 27 heavy (non-hydrogen) atoms. The van der Waals surface area contributed by atoms with Crippen molar-refractivity contribution in [3.8, 4) is 0 Å². The lowest BCUT2D eigenvalue weighted by atomic mass is 10.0. The molecule has 5 nitrogen and oxygen atoms in total. The number of halogens is 5. The van der Waals surface area contributed by atoms with Crippen LogP contribution >= 0.6 is 22.9 Å². The van der Waals surface area contributed by atoms with Crippen LogP contribution in [0.1, 0.15) is 21.7 Å². The summed E-state index contributed by atoms with van der Waals surface area (Å²) in [5, 5.41) is 2.26. The Balaban J connectivity index is 1.68. The third-order valence-electron chi connectivity index (χ3n) is 4.69. The number of nitrogens with one attached hydrogen (secondary N) is 1. The molecule has 1 spiro atoms. The molecule has 2 aliphatic heterocycles. The number of fused-ring (bicyclic) bond motifs is 1. The number of hydrogen-bond donors (Lipinski definition) is 1. The van der Waals surface area contributed by atoms with Gasteiger partial charge in [-0.2, -0.15) is 13.2 Å². The summed E-state index contributed by atoms with van der Waals surface area (Å²) in [7, 11) is 0. The number of carbonyl (C=O) groups is 2. The zero-order valence-electron chi connectivity index (χ0n) is 13.5. The SMILES string of the molecule is O=C1NC2(CCN(C(=O)c3sc4cc(C(F)(F)F)cc(F)c4c3Cl)C2)CO1. The molecule has 4 rings (SSSR count). The highest BCUT2D eigenvalue weighted by Crippen LogP contribution is 2.42. The molecule has 144 valence electrons. The third kappa shape index (κ3) is 3.00. The maximum Gasteiger partial charge on any atom is 0.416 e. The quantitative estimate of drug-likeness (QED) is 0.706. The van der Waals surface area contributed by atoms with Crippen molar-refractivity contribution in [3.05, 3.63) is 33.4 Å². The van der Waals surface area contributed by atoms with E-state index in [4.69, 9.17) is 16.3 Å². The first-order chi connectivity index (χ1) is 12.6. The van der Waals surface area contributed by atoms with E-state index in [1.165, 1.54) is 4.90 Å². The molecule has 2 saturated heterocycles. The second kappa shape index (κ2) is 5.96. The number of amides is 2. The number of benzene rings is 1.